The molecule has 0 unspecified atom stereocenters. The van der Waals surface area contributed by atoms with Crippen molar-refractivity contribution in [3.05, 3.63) is 56.9 Å². The molecule has 0 fully saturated rings. The van der Waals surface area contributed by atoms with Crippen LogP contribution in [0.4, 0.5) is 4.79 Å². The van der Waals surface area contributed by atoms with E-state index in [9.17, 15) is 19.5 Å². The van der Waals surface area contributed by atoms with Gasteiger partial charge in [-0.3, -0.25) is 4.79 Å². The second-order valence-corrected chi connectivity index (χ2v) is 10.1. The lowest BCUT2D eigenvalue weighted by Crippen LogP contribution is -2.44. The first kappa shape index (κ1) is 24.0. The highest BCUT2D eigenvalue weighted by Gasteiger charge is 2.45. The molecule has 9 heteroatoms. The molecule has 2 aliphatic rings. The first-order valence-corrected chi connectivity index (χ1v) is 12.0. The fraction of sp³-hybridized carbons (Fsp3) is 0.407. The Morgan fingerprint density at radius 2 is 1.97 bits per heavy atom. The number of aromatic nitrogens is 2. The summed E-state index contributed by atoms with van der Waals surface area (Å²) in [5, 5.41) is 11.7. The molecule has 0 aliphatic carbocycles. The second-order valence-electron chi connectivity index (χ2n) is 10.1. The number of esters is 1. The SMILES string of the molecule is CCc1ccc(OC(=O)OC(C)(C)C)c2cc3c(nc12)-c1cc2c(c(=O)n1C3)COC(=O)[C@]2(O)CC. The lowest BCUT2D eigenvalue weighted by atomic mass is 9.86. The van der Waals surface area contributed by atoms with E-state index < -0.39 is 23.3 Å². The Bertz CT molecular complexity index is 1500. The van der Waals surface area contributed by atoms with Gasteiger partial charge in [0.1, 0.15) is 18.0 Å². The van der Waals surface area contributed by atoms with Crippen molar-refractivity contribution in [3.63, 3.8) is 0 Å². The third-order valence-electron chi connectivity index (χ3n) is 6.68. The van der Waals surface area contributed by atoms with Crippen molar-refractivity contribution in [2.45, 2.75) is 71.8 Å². The number of aliphatic hydroxyl groups is 1. The number of benzene rings is 1. The van der Waals surface area contributed by atoms with E-state index in [1.165, 1.54) is 0 Å². The van der Waals surface area contributed by atoms with Crippen molar-refractivity contribution < 1.29 is 28.9 Å². The van der Waals surface area contributed by atoms with Gasteiger partial charge in [-0.25, -0.2) is 14.6 Å². The Balaban J connectivity index is 1.68. The van der Waals surface area contributed by atoms with E-state index in [0.717, 1.165) is 11.1 Å². The Morgan fingerprint density at radius 1 is 1.22 bits per heavy atom. The highest BCUT2D eigenvalue weighted by atomic mass is 16.7. The zero-order valence-electron chi connectivity index (χ0n) is 20.9. The molecule has 1 N–H and O–H groups in total. The van der Waals surface area contributed by atoms with Gasteiger partial charge in [0.15, 0.2) is 5.60 Å². The van der Waals surface area contributed by atoms with Gasteiger partial charge in [-0.05, 0) is 57.4 Å². The molecule has 0 radical (unpaired) electrons. The number of pyridine rings is 2. The fourth-order valence-corrected chi connectivity index (χ4v) is 4.83. The van der Waals surface area contributed by atoms with E-state index in [-0.39, 0.29) is 36.3 Å². The number of aryl methyl sites for hydroxylation is 1. The smallest absolute Gasteiger partial charge is 0.458 e. The van der Waals surface area contributed by atoms with Gasteiger partial charge in [-0.1, -0.05) is 19.9 Å². The number of carbonyl (C=O) groups is 2. The van der Waals surface area contributed by atoms with Gasteiger partial charge >= 0.3 is 12.1 Å². The topological polar surface area (TPSA) is 117 Å². The van der Waals surface area contributed by atoms with Crippen molar-refractivity contribution in [1.29, 1.82) is 0 Å². The van der Waals surface area contributed by atoms with Crippen LogP contribution in [-0.2, 0) is 39.4 Å². The maximum absolute atomic E-state index is 13.4. The van der Waals surface area contributed by atoms with Gasteiger partial charge < -0.3 is 23.9 Å². The lowest BCUT2D eigenvalue weighted by molar-refractivity contribution is -0.172. The van der Waals surface area contributed by atoms with Crippen LogP contribution < -0.4 is 10.3 Å². The Labute approximate surface area is 207 Å². The molecule has 2 aromatic heterocycles. The molecule has 0 spiro atoms. The van der Waals surface area contributed by atoms with E-state index >= 15 is 0 Å². The molecular weight excluding hydrogens is 464 g/mol. The molecule has 9 nitrogen and oxygen atoms in total. The van der Waals surface area contributed by atoms with Crippen LogP contribution >= 0.6 is 0 Å². The van der Waals surface area contributed by atoms with E-state index in [1.807, 2.05) is 19.1 Å². The summed E-state index contributed by atoms with van der Waals surface area (Å²) < 4.78 is 17.6. The molecule has 2 aliphatic heterocycles. The van der Waals surface area contributed by atoms with Gasteiger partial charge in [-0.15, -0.1) is 0 Å². The molecule has 0 saturated heterocycles. The van der Waals surface area contributed by atoms with E-state index in [4.69, 9.17) is 19.2 Å². The molecule has 5 rings (SSSR count). The Hall–Kier alpha value is -3.72. The van der Waals surface area contributed by atoms with Crippen molar-refractivity contribution in [2.75, 3.05) is 0 Å². The molecule has 0 saturated carbocycles. The summed E-state index contributed by atoms with van der Waals surface area (Å²) in [6.07, 6.45) is -0.0531. The molecular formula is C27H28N2O7. The maximum Gasteiger partial charge on any atom is 0.514 e. The minimum atomic E-state index is -1.88. The predicted molar refractivity (Wildman–Crippen MR) is 131 cm³/mol. The maximum atomic E-state index is 13.4. The Kier molecular flexibility index (Phi) is 5.44. The number of nitrogens with zero attached hydrogens (tertiary/aromatic N) is 2. The highest BCUT2D eigenvalue weighted by Crippen LogP contribution is 2.40. The summed E-state index contributed by atoms with van der Waals surface area (Å²) in [5.74, 6) is -0.447. The fourth-order valence-electron chi connectivity index (χ4n) is 4.83. The van der Waals surface area contributed by atoms with Crippen LogP contribution in [0, 0.1) is 0 Å². The lowest BCUT2D eigenvalue weighted by Gasteiger charge is -2.31. The number of hydrogen-bond acceptors (Lipinski definition) is 8. The predicted octanol–water partition coefficient (Wildman–Crippen LogP) is 3.96. The van der Waals surface area contributed by atoms with Crippen LogP contribution in [0.15, 0.2) is 29.1 Å². The third-order valence-corrected chi connectivity index (χ3v) is 6.68. The number of cyclic esters (lactones) is 1. The van der Waals surface area contributed by atoms with Crippen LogP contribution in [0.3, 0.4) is 0 Å². The zero-order valence-corrected chi connectivity index (χ0v) is 20.9. The van der Waals surface area contributed by atoms with E-state index in [2.05, 4.69) is 0 Å². The minimum absolute atomic E-state index is 0.0745. The number of rotatable bonds is 3. The first-order chi connectivity index (χ1) is 17.0. The molecule has 1 aromatic carbocycles. The largest absolute Gasteiger partial charge is 0.514 e. The average molecular weight is 493 g/mol. The van der Waals surface area contributed by atoms with Gasteiger partial charge in [0.25, 0.3) is 5.56 Å². The summed E-state index contributed by atoms with van der Waals surface area (Å²) in [6.45, 7) is 9.01. The summed E-state index contributed by atoms with van der Waals surface area (Å²) in [7, 11) is 0. The van der Waals surface area contributed by atoms with Gasteiger partial charge in [0.2, 0.25) is 0 Å². The average Bonchev–Trinajstić information content (AvgIpc) is 3.18. The van der Waals surface area contributed by atoms with Gasteiger partial charge in [0.05, 0.1) is 29.0 Å². The number of carbonyl (C=O) groups excluding carboxylic acids is 2. The molecule has 4 heterocycles. The number of ether oxygens (including phenoxy) is 3. The van der Waals surface area contributed by atoms with Crippen LogP contribution in [0.5, 0.6) is 5.75 Å². The van der Waals surface area contributed by atoms with E-state index in [0.29, 0.717) is 34.5 Å². The van der Waals surface area contributed by atoms with Crippen LogP contribution in [-0.4, -0.2) is 32.4 Å². The Morgan fingerprint density at radius 3 is 2.64 bits per heavy atom. The van der Waals surface area contributed by atoms with Crippen LogP contribution in [0.1, 0.15) is 63.3 Å². The summed E-state index contributed by atoms with van der Waals surface area (Å²) in [4.78, 5) is 43.1. The molecule has 188 valence electrons. The quantitative estimate of drug-likeness (QED) is 0.337. The van der Waals surface area contributed by atoms with Crippen molar-refractivity contribution >= 4 is 23.0 Å². The van der Waals surface area contributed by atoms with Crippen molar-refractivity contribution in [3.8, 4) is 17.1 Å². The standard InChI is InChI=1S/C27H28N2O7/c1-6-14-8-9-20(35-25(32)36-26(3,4)5)16-10-15-12-29-19(22(15)28-21(14)16)11-18-17(23(29)30)13-34-24(31)27(18,33)7-2/h8-11,33H,6-7,12-13H2,1-5H3/t27-/m0/s1. The first-order valence-electron chi connectivity index (χ1n) is 12.0. The highest BCUT2D eigenvalue weighted by molar-refractivity contribution is 5.93. The zero-order chi connectivity index (χ0) is 26.0. The third kappa shape index (κ3) is 3.65. The molecule has 1 atom stereocenters. The summed E-state index contributed by atoms with van der Waals surface area (Å²) in [5.41, 5.74) is 1.07. The van der Waals surface area contributed by atoms with Crippen LogP contribution in [0.25, 0.3) is 22.3 Å². The van der Waals surface area contributed by atoms with E-state index in [1.54, 1.807) is 44.4 Å². The number of fused-ring (bicyclic) bond motifs is 5. The number of hydrogen-bond donors (Lipinski definition) is 1. The van der Waals surface area contributed by atoms with Crippen molar-refractivity contribution in [1.82, 2.24) is 9.55 Å². The monoisotopic (exact) mass is 492 g/mol. The molecule has 36 heavy (non-hydrogen) atoms. The van der Waals surface area contributed by atoms with Crippen molar-refractivity contribution in [2.24, 2.45) is 0 Å². The van der Waals surface area contributed by atoms with Crippen LogP contribution in [0.2, 0.25) is 0 Å². The summed E-state index contributed by atoms with van der Waals surface area (Å²) in [6, 6.07) is 7.12. The molecule has 0 amide bonds. The summed E-state index contributed by atoms with van der Waals surface area (Å²) >= 11 is 0. The normalized spacial score (nSPS) is 18.3. The minimum Gasteiger partial charge on any atom is -0.458 e. The van der Waals surface area contributed by atoms with Gasteiger partial charge in [0, 0.05) is 16.5 Å². The van der Waals surface area contributed by atoms with Gasteiger partial charge in [-0.2, -0.15) is 0 Å². The molecule has 0 bridgehead atoms. The second kappa shape index (κ2) is 8.16. The molecule has 3 aromatic rings.